The molecule has 1 atom stereocenters. The number of nitrogens with one attached hydrogen (secondary N) is 1. The molecule has 0 radical (unpaired) electrons. The van der Waals surface area contributed by atoms with Crippen LogP contribution in [-0.2, 0) is 6.42 Å². The van der Waals surface area contributed by atoms with Crippen LogP contribution in [0, 0.1) is 18.7 Å². The van der Waals surface area contributed by atoms with Crippen LogP contribution in [0.1, 0.15) is 40.8 Å². The Hall–Kier alpha value is -3.42. The average Bonchev–Trinajstić information content (AvgIpc) is 2.61. The molecule has 3 N–H and O–H groups in total. The third-order valence-electron chi connectivity index (χ3n) is 4.55. The van der Waals surface area contributed by atoms with E-state index in [0.29, 0.717) is 34.5 Å². The van der Waals surface area contributed by atoms with Crippen molar-refractivity contribution < 1.29 is 13.6 Å². The SMILES string of the molecule is C.Cc1nc(N)nc2c1C(=O)N[C@@H](c1ccc(F)cc1-c1cccnc1F)C2. The molecule has 0 fully saturated rings. The number of pyridine rings is 1. The van der Waals surface area contributed by atoms with Crippen LogP contribution >= 0.6 is 0 Å². The summed E-state index contributed by atoms with van der Waals surface area (Å²) < 4.78 is 28.1. The Labute approximate surface area is 160 Å². The van der Waals surface area contributed by atoms with E-state index in [1.807, 2.05) is 0 Å². The molecule has 0 spiro atoms. The number of hydrogen-bond acceptors (Lipinski definition) is 5. The van der Waals surface area contributed by atoms with Gasteiger partial charge in [-0.2, -0.15) is 4.39 Å². The molecule has 28 heavy (non-hydrogen) atoms. The van der Waals surface area contributed by atoms with E-state index in [1.54, 1.807) is 13.0 Å². The van der Waals surface area contributed by atoms with Crippen molar-refractivity contribution in [2.75, 3.05) is 5.73 Å². The molecular weight excluding hydrogens is 364 g/mol. The van der Waals surface area contributed by atoms with E-state index >= 15 is 0 Å². The number of carbonyl (C=O) groups excluding carboxylic acids is 1. The topological polar surface area (TPSA) is 93.8 Å². The van der Waals surface area contributed by atoms with Gasteiger partial charge in [0.1, 0.15) is 5.82 Å². The summed E-state index contributed by atoms with van der Waals surface area (Å²) >= 11 is 0. The number of fused-ring (bicyclic) bond motifs is 1. The summed E-state index contributed by atoms with van der Waals surface area (Å²) in [4.78, 5) is 24.4. The smallest absolute Gasteiger partial charge is 0.255 e. The highest BCUT2D eigenvalue weighted by Crippen LogP contribution is 2.34. The highest BCUT2D eigenvalue weighted by molar-refractivity contribution is 5.98. The van der Waals surface area contributed by atoms with Crippen LogP contribution in [0.2, 0.25) is 0 Å². The molecule has 2 aromatic heterocycles. The Balaban J connectivity index is 0.00000225. The first kappa shape index (κ1) is 19.3. The fourth-order valence-corrected chi connectivity index (χ4v) is 3.41. The van der Waals surface area contributed by atoms with Crippen LogP contribution in [0.3, 0.4) is 0 Å². The molecule has 144 valence electrons. The third-order valence-corrected chi connectivity index (χ3v) is 4.55. The lowest BCUT2D eigenvalue weighted by atomic mass is 9.89. The zero-order valence-corrected chi connectivity index (χ0v) is 14.3. The average molecular weight is 383 g/mol. The van der Waals surface area contributed by atoms with Gasteiger partial charge in [0.05, 0.1) is 23.0 Å². The van der Waals surface area contributed by atoms with Gasteiger partial charge in [-0.25, -0.2) is 19.3 Å². The molecule has 0 aliphatic carbocycles. The number of nitrogen functional groups attached to an aromatic ring is 1. The number of benzene rings is 1. The zero-order chi connectivity index (χ0) is 19.1. The van der Waals surface area contributed by atoms with E-state index in [1.165, 1.54) is 30.5 Å². The molecule has 3 aromatic rings. The van der Waals surface area contributed by atoms with Crippen molar-refractivity contribution in [3.05, 3.63) is 70.8 Å². The first-order valence-electron chi connectivity index (χ1n) is 8.28. The minimum Gasteiger partial charge on any atom is -0.368 e. The van der Waals surface area contributed by atoms with Gasteiger partial charge in [-0.05, 0) is 42.3 Å². The Kier molecular flexibility index (Phi) is 5.04. The van der Waals surface area contributed by atoms with Crippen molar-refractivity contribution in [1.29, 1.82) is 0 Å². The lowest BCUT2D eigenvalue weighted by Crippen LogP contribution is -2.37. The van der Waals surface area contributed by atoms with Gasteiger partial charge in [0, 0.05) is 18.2 Å². The fraction of sp³-hybridized carbons (Fsp3) is 0.200. The Morgan fingerprint density at radius 2 is 1.96 bits per heavy atom. The van der Waals surface area contributed by atoms with E-state index in [9.17, 15) is 13.6 Å². The highest BCUT2D eigenvalue weighted by Gasteiger charge is 2.30. The van der Waals surface area contributed by atoms with Gasteiger partial charge in [0.15, 0.2) is 0 Å². The maximum Gasteiger partial charge on any atom is 0.255 e. The molecule has 0 saturated carbocycles. The molecule has 0 saturated heterocycles. The number of aryl methyl sites for hydroxylation is 1. The number of anilines is 1. The monoisotopic (exact) mass is 383 g/mol. The lowest BCUT2D eigenvalue weighted by molar-refractivity contribution is 0.0922. The number of carbonyl (C=O) groups is 1. The summed E-state index contributed by atoms with van der Waals surface area (Å²) in [5, 5.41) is 2.87. The van der Waals surface area contributed by atoms with Crippen LogP contribution in [0.4, 0.5) is 14.7 Å². The predicted octanol–water partition coefficient (Wildman–Crippen LogP) is 3.37. The third kappa shape index (κ3) is 3.28. The normalized spacial score (nSPS) is 15.4. The summed E-state index contributed by atoms with van der Waals surface area (Å²) in [7, 11) is 0. The number of halogens is 2. The quantitative estimate of drug-likeness (QED) is 0.662. The van der Waals surface area contributed by atoms with Crippen molar-refractivity contribution in [2.24, 2.45) is 0 Å². The molecule has 6 nitrogen and oxygen atoms in total. The molecule has 1 aromatic carbocycles. The predicted molar refractivity (Wildman–Crippen MR) is 101 cm³/mol. The minimum atomic E-state index is -0.714. The van der Waals surface area contributed by atoms with Crippen molar-refractivity contribution in [1.82, 2.24) is 20.3 Å². The first-order chi connectivity index (χ1) is 12.9. The summed E-state index contributed by atoms with van der Waals surface area (Å²) in [6.45, 7) is 1.69. The van der Waals surface area contributed by atoms with Crippen LogP contribution in [0.5, 0.6) is 0 Å². The van der Waals surface area contributed by atoms with E-state index in [4.69, 9.17) is 5.73 Å². The molecule has 3 heterocycles. The molecule has 1 aliphatic heterocycles. The van der Waals surface area contributed by atoms with E-state index in [2.05, 4.69) is 20.3 Å². The van der Waals surface area contributed by atoms with Crippen LogP contribution in [0.25, 0.3) is 11.1 Å². The van der Waals surface area contributed by atoms with Gasteiger partial charge in [0.2, 0.25) is 11.9 Å². The maximum absolute atomic E-state index is 14.2. The zero-order valence-electron chi connectivity index (χ0n) is 14.3. The highest BCUT2D eigenvalue weighted by atomic mass is 19.1. The number of nitrogens with zero attached hydrogens (tertiary/aromatic N) is 3. The van der Waals surface area contributed by atoms with Gasteiger partial charge in [0.25, 0.3) is 5.91 Å². The number of amides is 1. The summed E-state index contributed by atoms with van der Waals surface area (Å²) in [5.74, 6) is -1.49. The van der Waals surface area contributed by atoms with E-state index in [0.717, 1.165) is 0 Å². The summed E-state index contributed by atoms with van der Waals surface area (Å²) in [6.07, 6.45) is 1.65. The molecule has 4 rings (SSSR count). The van der Waals surface area contributed by atoms with Crippen LogP contribution < -0.4 is 11.1 Å². The van der Waals surface area contributed by atoms with Crippen molar-refractivity contribution in [3.8, 4) is 11.1 Å². The van der Waals surface area contributed by atoms with E-state index < -0.39 is 17.8 Å². The van der Waals surface area contributed by atoms with Gasteiger partial charge in [-0.3, -0.25) is 4.79 Å². The van der Waals surface area contributed by atoms with Gasteiger partial charge < -0.3 is 11.1 Å². The maximum atomic E-state index is 14.2. The van der Waals surface area contributed by atoms with Crippen LogP contribution in [-0.4, -0.2) is 20.9 Å². The fourth-order valence-electron chi connectivity index (χ4n) is 3.41. The summed E-state index contributed by atoms with van der Waals surface area (Å²) in [5.41, 5.74) is 8.15. The number of rotatable bonds is 2. The lowest BCUT2D eigenvalue weighted by Gasteiger charge is -2.27. The van der Waals surface area contributed by atoms with E-state index in [-0.39, 0.29) is 24.8 Å². The first-order valence-corrected chi connectivity index (χ1v) is 8.28. The standard InChI is InChI=1S/C19H15F2N5O.CH4/c1-9-16-15(26-19(22)24-9)8-14(25-18(16)27)11-5-4-10(20)7-13(11)12-3-2-6-23-17(12)21;/h2-7,14H,8H2,1H3,(H,25,27)(H2,22,24,26);1H4/t14-;/m1./s1. The van der Waals surface area contributed by atoms with Crippen molar-refractivity contribution in [3.63, 3.8) is 0 Å². The molecule has 8 heteroatoms. The Morgan fingerprint density at radius 1 is 1.18 bits per heavy atom. The van der Waals surface area contributed by atoms with Gasteiger partial charge >= 0.3 is 0 Å². The molecule has 0 unspecified atom stereocenters. The summed E-state index contributed by atoms with van der Waals surface area (Å²) in [6, 6.07) is 6.60. The molecular formula is C20H19F2N5O. The second kappa shape index (κ2) is 7.30. The van der Waals surface area contributed by atoms with Gasteiger partial charge in [-0.1, -0.05) is 13.5 Å². The second-order valence-corrected chi connectivity index (χ2v) is 6.29. The number of aromatic nitrogens is 3. The number of hydrogen-bond donors (Lipinski definition) is 2. The second-order valence-electron chi connectivity index (χ2n) is 6.29. The molecule has 0 bridgehead atoms. The van der Waals surface area contributed by atoms with Crippen LogP contribution in [0.15, 0.2) is 36.5 Å². The Bertz CT molecular complexity index is 1070. The van der Waals surface area contributed by atoms with Crippen molar-refractivity contribution >= 4 is 11.9 Å². The Morgan fingerprint density at radius 3 is 2.71 bits per heavy atom. The number of nitrogens with two attached hydrogens (primary N) is 1. The van der Waals surface area contributed by atoms with Gasteiger partial charge in [-0.15, -0.1) is 0 Å². The van der Waals surface area contributed by atoms with Crippen molar-refractivity contribution in [2.45, 2.75) is 26.8 Å². The minimum absolute atomic E-state index is 0. The molecule has 1 amide bonds. The molecule has 1 aliphatic rings. The largest absolute Gasteiger partial charge is 0.368 e.